The topological polar surface area (TPSA) is 49.6 Å². The molecule has 0 atom stereocenters. The molecule has 2 aromatic heterocycles. The first-order valence-electron chi connectivity index (χ1n) is 3.78. The van der Waals surface area contributed by atoms with E-state index in [0.29, 0.717) is 8.71 Å². The van der Waals surface area contributed by atoms with E-state index in [1.54, 1.807) is 12.3 Å². The molecule has 3 nitrogen and oxygen atoms in total. The third-order valence-electron chi connectivity index (χ3n) is 1.59. The molecule has 0 bridgehead atoms. The minimum Gasteiger partial charge on any atom is -0.232 e. The second kappa shape index (κ2) is 4.02. The number of nitriles is 1. The summed E-state index contributed by atoms with van der Waals surface area (Å²) in [5.41, 5.74) is 0.871. The highest BCUT2D eigenvalue weighted by molar-refractivity contribution is 14.1. The second-order valence-electron chi connectivity index (χ2n) is 2.49. The molecule has 0 aliphatic rings. The fraction of sp³-hybridized carbons (Fsp3) is 0. The van der Waals surface area contributed by atoms with E-state index in [2.05, 4.69) is 38.6 Å². The lowest BCUT2D eigenvalue weighted by molar-refractivity contribution is 1.11. The normalized spacial score (nSPS) is 9.71. The van der Waals surface area contributed by atoms with Crippen LogP contribution in [0.15, 0.2) is 24.4 Å². The monoisotopic (exact) mass is 313 g/mol. The average molecular weight is 313 g/mol. The van der Waals surface area contributed by atoms with Gasteiger partial charge < -0.3 is 0 Å². The van der Waals surface area contributed by atoms with Crippen molar-refractivity contribution in [1.29, 1.82) is 5.26 Å². The molecule has 0 amide bonds. The van der Waals surface area contributed by atoms with Crippen molar-refractivity contribution in [2.24, 2.45) is 0 Å². The van der Waals surface area contributed by atoms with E-state index in [9.17, 15) is 0 Å². The number of halogens is 1. The van der Waals surface area contributed by atoms with Crippen LogP contribution in [0, 0.1) is 15.2 Å². The average Bonchev–Trinajstić information content (AvgIpc) is 2.66. The van der Waals surface area contributed by atoms with Crippen molar-refractivity contribution >= 4 is 33.9 Å². The molecule has 0 aliphatic heterocycles. The first kappa shape index (κ1) is 9.55. The van der Waals surface area contributed by atoms with E-state index < -0.39 is 0 Å². The number of aromatic nitrogens is 2. The molecule has 0 saturated carbocycles. The Hall–Kier alpha value is -1.00. The lowest BCUT2D eigenvalue weighted by Gasteiger charge is -1.94. The van der Waals surface area contributed by atoms with Crippen LogP contribution in [0.1, 0.15) is 4.88 Å². The Labute approximate surface area is 98.6 Å². The molecule has 5 heteroatoms. The van der Waals surface area contributed by atoms with Crippen molar-refractivity contribution in [1.82, 2.24) is 9.97 Å². The molecule has 14 heavy (non-hydrogen) atoms. The Kier molecular flexibility index (Phi) is 2.74. The van der Waals surface area contributed by atoms with Gasteiger partial charge in [0.1, 0.15) is 10.9 Å². The molecule has 0 N–H and O–H groups in total. The van der Waals surface area contributed by atoms with Crippen molar-refractivity contribution in [3.8, 4) is 16.6 Å². The van der Waals surface area contributed by atoms with Gasteiger partial charge in [-0.2, -0.15) is 5.26 Å². The SMILES string of the molecule is N#Cc1ccc(-c2ccnc(I)n2)s1. The largest absolute Gasteiger partial charge is 0.232 e. The summed E-state index contributed by atoms with van der Waals surface area (Å²) in [6.07, 6.45) is 1.72. The first-order chi connectivity index (χ1) is 6.79. The maximum atomic E-state index is 8.68. The summed E-state index contributed by atoms with van der Waals surface area (Å²) in [7, 11) is 0. The highest BCUT2D eigenvalue weighted by Crippen LogP contribution is 2.25. The number of thiophene rings is 1. The van der Waals surface area contributed by atoms with Gasteiger partial charge in [0.05, 0.1) is 10.6 Å². The highest BCUT2D eigenvalue weighted by Gasteiger charge is 2.03. The summed E-state index contributed by atoms with van der Waals surface area (Å²) in [5.74, 6) is 0. The molecule has 2 heterocycles. The summed E-state index contributed by atoms with van der Waals surface area (Å²) >= 11 is 3.51. The Morgan fingerprint density at radius 3 is 2.86 bits per heavy atom. The number of hydrogen-bond donors (Lipinski definition) is 0. The lowest BCUT2D eigenvalue weighted by atomic mass is 10.3. The smallest absolute Gasteiger partial charge is 0.191 e. The molecule has 0 unspecified atom stereocenters. The molecule has 0 saturated heterocycles. The molecule has 0 aliphatic carbocycles. The van der Waals surface area contributed by atoms with E-state index in [0.717, 1.165) is 10.6 Å². The molecule has 0 spiro atoms. The zero-order chi connectivity index (χ0) is 9.97. The van der Waals surface area contributed by atoms with E-state index >= 15 is 0 Å². The molecule has 2 aromatic rings. The van der Waals surface area contributed by atoms with Gasteiger partial charge in [-0.3, -0.25) is 0 Å². The summed E-state index contributed by atoms with van der Waals surface area (Å²) < 4.78 is 0.715. The minimum atomic E-state index is 0.702. The van der Waals surface area contributed by atoms with Crippen molar-refractivity contribution in [2.75, 3.05) is 0 Å². The quantitative estimate of drug-likeness (QED) is 0.601. The maximum absolute atomic E-state index is 8.68. The minimum absolute atomic E-state index is 0.702. The summed E-state index contributed by atoms with van der Waals surface area (Å²) in [5, 5.41) is 8.68. The molecular weight excluding hydrogens is 309 g/mol. The van der Waals surface area contributed by atoms with Crippen LogP contribution in [-0.2, 0) is 0 Å². The zero-order valence-corrected chi connectivity index (χ0v) is 9.91. The van der Waals surface area contributed by atoms with Gasteiger partial charge in [-0.05, 0) is 18.2 Å². The second-order valence-corrected chi connectivity index (χ2v) is 4.54. The Morgan fingerprint density at radius 1 is 1.36 bits per heavy atom. The van der Waals surface area contributed by atoms with Gasteiger partial charge in [0, 0.05) is 28.8 Å². The summed E-state index contributed by atoms with van der Waals surface area (Å²) in [6, 6.07) is 7.65. The molecule has 0 aromatic carbocycles. The Balaban J connectivity index is 2.45. The predicted octanol–water partition coefficient (Wildman–Crippen LogP) is 2.68. The number of rotatable bonds is 1. The van der Waals surface area contributed by atoms with Crippen molar-refractivity contribution in [2.45, 2.75) is 0 Å². The standard InChI is InChI=1S/C9H4IN3S/c10-9-12-4-3-7(13-9)8-2-1-6(5-11)14-8/h1-4H. The van der Waals surface area contributed by atoms with Gasteiger partial charge in [-0.15, -0.1) is 11.3 Å². The van der Waals surface area contributed by atoms with E-state index in [1.165, 1.54) is 11.3 Å². The summed E-state index contributed by atoms with van der Waals surface area (Å²) in [4.78, 5) is 9.98. The third kappa shape index (κ3) is 1.91. The summed E-state index contributed by atoms with van der Waals surface area (Å²) in [6.45, 7) is 0. The van der Waals surface area contributed by atoms with E-state index in [1.807, 2.05) is 12.1 Å². The van der Waals surface area contributed by atoms with Gasteiger partial charge in [0.15, 0.2) is 3.83 Å². The third-order valence-corrected chi connectivity index (χ3v) is 3.13. The van der Waals surface area contributed by atoms with Gasteiger partial charge in [0.25, 0.3) is 0 Å². The van der Waals surface area contributed by atoms with Crippen LogP contribution in [0.5, 0.6) is 0 Å². The molecular formula is C9H4IN3S. The van der Waals surface area contributed by atoms with Gasteiger partial charge >= 0.3 is 0 Å². The van der Waals surface area contributed by atoms with Gasteiger partial charge in [-0.1, -0.05) is 0 Å². The van der Waals surface area contributed by atoms with Crippen LogP contribution in [-0.4, -0.2) is 9.97 Å². The van der Waals surface area contributed by atoms with Crippen molar-refractivity contribution in [3.63, 3.8) is 0 Å². The van der Waals surface area contributed by atoms with Crippen LogP contribution in [0.2, 0.25) is 0 Å². The highest BCUT2D eigenvalue weighted by atomic mass is 127. The Bertz CT molecular complexity index is 501. The number of hydrogen-bond acceptors (Lipinski definition) is 4. The first-order valence-corrected chi connectivity index (χ1v) is 5.68. The van der Waals surface area contributed by atoms with Crippen LogP contribution in [0.25, 0.3) is 10.6 Å². The van der Waals surface area contributed by atoms with Crippen molar-refractivity contribution in [3.05, 3.63) is 33.1 Å². The van der Waals surface area contributed by atoms with E-state index in [4.69, 9.17) is 5.26 Å². The number of nitrogens with zero attached hydrogens (tertiary/aromatic N) is 3. The van der Waals surface area contributed by atoms with Crippen LogP contribution in [0.4, 0.5) is 0 Å². The molecule has 68 valence electrons. The van der Waals surface area contributed by atoms with Crippen molar-refractivity contribution < 1.29 is 0 Å². The van der Waals surface area contributed by atoms with Crippen LogP contribution >= 0.6 is 33.9 Å². The molecule has 0 radical (unpaired) electrons. The van der Waals surface area contributed by atoms with Gasteiger partial charge in [0.2, 0.25) is 0 Å². The predicted molar refractivity (Wildman–Crippen MR) is 62.8 cm³/mol. The van der Waals surface area contributed by atoms with Crippen LogP contribution in [0.3, 0.4) is 0 Å². The van der Waals surface area contributed by atoms with Gasteiger partial charge in [-0.25, -0.2) is 9.97 Å². The van der Waals surface area contributed by atoms with E-state index in [-0.39, 0.29) is 0 Å². The fourth-order valence-electron chi connectivity index (χ4n) is 1.01. The van der Waals surface area contributed by atoms with Crippen LogP contribution < -0.4 is 0 Å². The molecule has 0 fully saturated rings. The lowest BCUT2D eigenvalue weighted by Crippen LogP contribution is -1.86. The fourth-order valence-corrected chi connectivity index (χ4v) is 2.20. The molecule has 2 rings (SSSR count). The zero-order valence-electron chi connectivity index (χ0n) is 6.94. The maximum Gasteiger partial charge on any atom is 0.191 e. The Morgan fingerprint density at radius 2 is 2.21 bits per heavy atom.